The summed E-state index contributed by atoms with van der Waals surface area (Å²) in [6.07, 6.45) is -5.76. The van der Waals surface area contributed by atoms with Crippen molar-refractivity contribution in [3.8, 4) is 0 Å². The Morgan fingerprint density at radius 3 is 2.31 bits per heavy atom. The number of rotatable bonds is 6. The molecule has 1 atom stereocenters. The SMILES string of the molecule is O=C(OC1CCOC1)N1CCC(CS(=O)(=O)N2CCC(O)(c3ccccc3C(F)(F)F)CC2)(C(=O)NO)CC1. The summed E-state index contributed by atoms with van der Waals surface area (Å²) < 4.78 is 78.9. The van der Waals surface area contributed by atoms with Gasteiger partial charge in [0.2, 0.25) is 10.0 Å². The summed E-state index contributed by atoms with van der Waals surface area (Å²) in [5.74, 6) is -1.58. The summed E-state index contributed by atoms with van der Waals surface area (Å²) in [7, 11) is -4.15. The zero-order valence-electron chi connectivity index (χ0n) is 21.2. The van der Waals surface area contributed by atoms with Crippen LogP contribution in [0, 0.1) is 5.41 Å². The third-order valence-electron chi connectivity index (χ3n) is 7.85. The molecule has 0 aromatic heterocycles. The predicted octanol–water partition coefficient (Wildman–Crippen LogP) is 1.83. The molecule has 3 saturated heterocycles. The molecular formula is C24H32F3N3O8S. The van der Waals surface area contributed by atoms with Gasteiger partial charge in [-0.3, -0.25) is 10.0 Å². The molecule has 3 aliphatic heterocycles. The highest BCUT2D eigenvalue weighted by atomic mass is 32.2. The lowest BCUT2D eigenvalue weighted by Crippen LogP contribution is -2.55. The fourth-order valence-corrected chi connectivity index (χ4v) is 7.52. The van der Waals surface area contributed by atoms with Crippen LogP contribution in [0.1, 0.15) is 43.2 Å². The number of ether oxygens (including phenoxy) is 2. The summed E-state index contributed by atoms with van der Waals surface area (Å²) in [6.45, 7) is 0.292. The molecule has 3 heterocycles. The smallest absolute Gasteiger partial charge is 0.416 e. The molecule has 0 aliphatic carbocycles. The van der Waals surface area contributed by atoms with Gasteiger partial charge in [-0.25, -0.2) is 23.0 Å². The van der Waals surface area contributed by atoms with Crippen molar-refractivity contribution in [3.05, 3.63) is 35.4 Å². The van der Waals surface area contributed by atoms with E-state index in [1.165, 1.54) is 28.6 Å². The fraction of sp³-hybridized carbons (Fsp3) is 0.667. The van der Waals surface area contributed by atoms with Crippen molar-refractivity contribution in [1.82, 2.24) is 14.7 Å². The zero-order valence-corrected chi connectivity index (χ0v) is 22.0. The van der Waals surface area contributed by atoms with Crippen molar-refractivity contribution in [2.24, 2.45) is 5.41 Å². The van der Waals surface area contributed by atoms with Crippen LogP contribution in [0.5, 0.6) is 0 Å². The Morgan fingerprint density at radius 2 is 1.74 bits per heavy atom. The molecule has 3 aliphatic rings. The number of hydrogen-bond donors (Lipinski definition) is 3. The minimum Gasteiger partial charge on any atom is -0.444 e. The first kappa shape index (κ1) is 29.5. The van der Waals surface area contributed by atoms with Crippen LogP contribution >= 0.6 is 0 Å². The lowest BCUT2D eigenvalue weighted by atomic mass is 9.79. The second-order valence-electron chi connectivity index (χ2n) is 10.3. The van der Waals surface area contributed by atoms with Gasteiger partial charge in [0.25, 0.3) is 5.91 Å². The number of halogens is 3. The topological polar surface area (TPSA) is 146 Å². The third-order valence-corrected chi connectivity index (χ3v) is 9.92. The summed E-state index contributed by atoms with van der Waals surface area (Å²) >= 11 is 0. The van der Waals surface area contributed by atoms with Gasteiger partial charge in [0.1, 0.15) is 6.10 Å². The average molecular weight is 580 g/mol. The molecule has 0 bridgehead atoms. The van der Waals surface area contributed by atoms with Gasteiger partial charge in [0, 0.05) is 32.6 Å². The second-order valence-corrected chi connectivity index (χ2v) is 12.3. The highest BCUT2D eigenvalue weighted by Gasteiger charge is 2.49. The number of sulfonamides is 1. The summed E-state index contributed by atoms with van der Waals surface area (Å²) in [6, 6.07) is 4.66. The van der Waals surface area contributed by atoms with Crippen molar-refractivity contribution >= 4 is 22.0 Å². The van der Waals surface area contributed by atoms with Crippen molar-refractivity contribution in [3.63, 3.8) is 0 Å². The van der Waals surface area contributed by atoms with Crippen LogP contribution in [0.3, 0.4) is 0 Å². The number of aliphatic hydroxyl groups is 1. The van der Waals surface area contributed by atoms with Gasteiger partial charge >= 0.3 is 12.3 Å². The van der Waals surface area contributed by atoms with Gasteiger partial charge in [0.15, 0.2) is 0 Å². The lowest BCUT2D eigenvalue weighted by Gasteiger charge is -2.42. The molecule has 4 rings (SSSR count). The molecule has 3 N–H and O–H groups in total. The lowest BCUT2D eigenvalue weighted by molar-refractivity contribution is -0.141. The van der Waals surface area contributed by atoms with Crippen molar-refractivity contribution in [2.45, 2.75) is 50.0 Å². The van der Waals surface area contributed by atoms with E-state index in [0.717, 1.165) is 10.4 Å². The van der Waals surface area contributed by atoms with E-state index < -0.39 is 50.5 Å². The van der Waals surface area contributed by atoms with Crippen LogP contribution < -0.4 is 5.48 Å². The van der Waals surface area contributed by atoms with Crippen molar-refractivity contribution < 1.29 is 51.0 Å². The number of likely N-dealkylation sites (tertiary alicyclic amines) is 1. The van der Waals surface area contributed by atoms with Gasteiger partial charge in [-0.1, -0.05) is 18.2 Å². The molecule has 1 aromatic carbocycles. The van der Waals surface area contributed by atoms with E-state index in [4.69, 9.17) is 9.47 Å². The summed E-state index contributed by atoms with van der Waals surface area (Å²) in [5, 5.41) is 20.4. The number of hydrogen-bond acceptors (Lipinski definition) is 8. The standard InChI is InChI=1S/C24H32F3N3O8S/c25-24(26,27)19-4-2-1-3-18(19)23(33)8-12-30(13-9-23)39(35,36)16-22(20(31)28-34)6-10-29(11-7-22)21(32)38-17-5-14-37-15-17/h1-4,17,33-34H,5-16H2,(H,28,31). The maximum absolute atomic E-state index is 13.5. The maximum atomic E-state index is 13.5. The van der Waals surface area contributed by atoms with Crippen LogP contribution in [-0.2, 0) is 36.1 Å². The number of hydroxylamine groups is 1. The van der Waals surface area contributed by atoms with Crippen LogP contribution in [-0.4, -0.2) is 91.2 Å². The summed E-state index contributed by atoms with van der Waals surface area (Å²) in [5.41, 5.74) is -3.18. The van der Waals surface area contributed by atoms with Gasteiger partial charge < -0.3 is 19.5 Å². The highest BCUT2D eigenvalue weighted by molar-refractivity contribution is 7.89. The quantitative estimate of drug-likeness (QED) is 0.342. The fourth-order valence-electron chi connectivity index (χ4n) is 5.48. The van der Waals surface area contributed by atoms with Crippen LogP contribution in [0.25, 0.3) is 0 Å². The Labute approximate surface area is 223 Å². The van der Waals surface area contributed by atoms with Gasteiger partial charge in [-0.05, 0) is 37.3 Å². The number of nitrogens with one attached hydrogen (secondary N) is 1. The first-order valence-corrected chi connectivity index (χ1v) is 14.3. The van der Waals surface area contributed by atoms with Crippen molar-refractivity contribution in [2.75, 3.05) is 45.1 Å². The van der Waals surface area contributed by atoms with Crippen LogP contribution in [0.15, 0.2) is 24.3 Å². The number of carbonyl (C=O) groups excluding carboxylic acids is 2. The second kappa shape index (κ2) is 11.2. The minimum absolute atomic E-state index is 0.0172. The normalized spacial score (nSPS) is 23.8. The molecule has 0 radical (unpaired) electrons. The molecule has 11 nitrogen and oxygen atoms in total. The largest absolute Gasteiger partial charge is 0.444 e. The number of alkyl halides is 3. The molecule has 218 valence electrons. The number of piperidine rings is 2. The highest BCUT2D eigenvalue weighted by Crippen LogP contribution is 2.42. The maximum Gasteiger partial charge on any atom is 0.416 e. The van der Waals surface area contributed by atoms with Gasteiger partial charge in [-0.15, -0.1) is 0 Å². The van der Waals surface area contributed by atoms with Crippen LogP contribution in [0.2, 0.25) is 0 Å². The number of carbonyl (C=O) groups is 2. The molecule has 2 amide bonds. The van der Waals surface area contributed by atoms with E-state index in [9.17, 15) is 41.5 Å². The molecule has 3 fully saturated rings. The first-order chi connectivity index (χ1) is 18.3. The van der Waals surface area contributed by atoms with Crippen LogP contribution in [0.4, 0.5) is 18.0 Å². The predicted molar refractivity (Wildman–Crippen MR) is 129 cm³/mol. The number of nitrogens with zero attached hydrogens (tertiary/aromatic N) is 2. The molecule has 39 heavy (non-hydrogen) atoms. The van der Waals surface area contributed by atoms with E-state index in [2.05, 4.69) is 0 Å². The van der Waals surface area contributed by atoms with E-state index >= 15 is 0 Å². The Morgan fingerprint density at radius 1 is 1.10 bits per heavy atom. The van der Waals surface area contributed by atoms with E-state index in [1.54, 1.807) is 0 Å². The first-order valence-electron chi connectivity index (χ1n) is 12.6. The monoisotopic (exact) mass is 579 g/mol. The molecule has 15 heteroatoms. The van der Waals surface area contributed by atoms with E-state index in [1.807, 2.05) is 0 Å². The molecular weight excluding hydrogens is 547 g/mol. The minimum atomic E-state index is -4.69. The zero-order chi connectivity index (χ0) is 28.5. The van der Waals surface area contributed by atoms with Gasteiger partial charge in [0.05, 0.1) is 35.5 Å². The van der Waals surface area contributed by atoms with E-state index in [0.29, 0.717) is 19.6 Å². The Bertz CT molecular complexity index is 1160. The molecule has 1 aromatic rings. The van der Waals surface area contributed by atoms with Gasteiger partial charge in [-0.2, -0.15) is 13.2 Å². The Kier molecular flexibility index (Phi) is 8.47. The molecule has 0 saturated carbocycles. The molecule has 0 spiro atoms. The number of amides is 2. The third kappa shape index (κ3) is 6.32. The Hall–Kier alpha value is -2.46. The van der Waals surface area contributed by atoms with Crippen molar-refractivity contribution in [1.29, 1.82) is 0 Å². The van der Waals surface area contributed by atoms with E-state index in [-0.39, 0.29) is 63.5 Å². The average Bonchev–Trinajstić information content (AvgIpc) is 3.41. The number of benzene rings is 1. The molecule has 1 unspecified atom stereocenters. The summed E-state index contributed by atoms with van der Waals surface area (Å²) in [4.78, 5) is 26.5. The Balaban J connectivity index is 1.43.